The fraction of sp³-hybridized carbons (Fsp3) is 0.278. The quantitative estimate of drug-likeness (QED) is 0.749. The van der Waals surface area contributed by atoms with Crippen LogP contribution in [0.25, 0.3) is 11.1 Å². The molecular formula is C18H17BrO2. The number of halogens is 1. The van der Waals surface area contributed by atoms with Crippen molar-refractivity contribution in [1.29, 1.82) is 0 Å². The number of carbonyl (C=O) groups excluding carboxylic acids is 1. The number of hydrogen-bond acceptors (Lipinski definition) is 2. The highest BCUT2D eigenvalue weighted by Crippen LogP contribution is 2.35. The highest BCUT2D eigenvalue weighted by molar-refractivity contribution is 9.10. The van der Waals surface area contributed by atoms with Crippen LogP contribution in [-0.2, 0) is 17.6 Å². The fourth-order valence-corrected chi connectivity index (χ4v) is 3.18. The fourth-order valence-electron chi connectivity index (χ4n) is 2.77. The summed E-state index contributed by atoms with van der Waals surface area (Å²) in [6.45, 7) is 2.47. The zero-order valence-corrected chi connectivity index (χ0v) is 13.6. The zero-order chi connectivity index (χ0) is 14.8. The molecule has 2 nitrogen and oxygen atoms in total. The summed E-state index contributed by atoms with van der Waals surface area (Å²) in [6.07, 6.45) is 2.82. The summed E-state index contributed by atoms with van der Waals surface area (Å²) in [6, 6.07) is 12.3. The largest absolute Gasteiger partial charge is 0.462 e. The van der Waals surface area contributed by atoms with Crippen molar-refractivity contribution in [3.63, 3.8) is 0 Å². The van der Waals surface area contributed by atoms with Crippen LogP contribution in [0.3, 0.4) is 0 Å². The molecule has 2 aromatic rings. The number of carbonyl (C=O) groups is 1. The third-order valence-electron chi connectivity index (χ3n) is 3.80. The molecule has 1 aliphatic rings. The van der Waals surface area contributed by atoms with E-state index in [-0.39, 0.29) is 5.97 Å². The van der Waals surface area contributed by atoms with Crippen molar-refractivity contribution < 1.29 is 9.53 Å². The molecule has 3 heteroatoms. The van der Waals surface area contributed by atoms with Gasteiger partial charge in [-0.25, -0.2) is 4.79 Å². The van der Waals surface area contributed by atoms with E-state index in [4.69, 9.17) is 4.74 Å². The monoisotopic (exact) mass is 344 g/mol. The van der Waals surface area contributed by atoms with E-state index in [1.165, 1.54) is 22.3 Å². The molecule has 0 saturated carbocycles. The molecule has 0 fully saturated rings. The molecule has 0 aliphatic heterocycles. The van der Waals surface area contributed by atoms with E-state index in [0.717, 1.165) is 23.7 Å². The molecule has 0 unspecified atom stereocenters. The summed E-state index contributed by atoms with van der Waals surface area (Å²) in [4.78, 5) is 12.0. The number of benzene rings is 2. The van der Waals surface area contributed by atoms with Crippen molar-refractivity contribution in [3.8, 4) is 11.1 Å². The van der Waals surface area contributed by atoms with Gasteiger partial charge in [0.2, 0.25) is 0 Å². The van der Waals surface area contributed by atoms with Crippen LogP contribution in [-0.4, -0.2) is 12.6 Å². The van der Waals surface area contributed by atoms with Crippen molar-refractivity contribution in [2.45, 2.75) is 26.2 Å². The van der Waals surface area contributed by atoms with Crippen LogP contribution in [0.4, 0.5) is 0 Å². The van der Waals surface area contributed by atoms with Crippen LogP contribution in [0.5, 0.6) is 0 Å². The van der Waals surface area contributed by atoms with Crippen LogP contribution in [0.1, 0.15) is 34.8 Å². The molecule has 0 saturated heterocycles. The molecule has 21 heavy (non-hydrogen) atoms. The van der Waals surface area contributed by atoms with E-state index >= 15 is 0 Å². The van der Waals surface area contributed by atoms with Crippen LogP contribution in [0.15, 0.2) is 40.9 Å². The van der Waals surface area contributed by atoms with Crippen LogP contribution in [0, 0.1) is 0 Å². The van der Waals surface area contributed by atoms with Gasteiger partial charge in [-0.05, 0) is 65.8 Å². The van der Waals surface area contributed by atoms with Gasteiger partial charge in [0.15, 0.2) is 0 Å². The molecule has 108 valence electrons. The summed E-state index contributed by atoms with van der Waals surface area (Å²) < 4.78 is 6.32. The van der Waals surface area contributed by atoms with Gasteiger partial charge in [0.05, 0.1) is 12.2 Å². The molecule has 1 aliphatic carbocycles. The van der Waals surface area contributed by atoms with Crippen molar-refractivity contribution in [3.05, 3.63) is 57.6 Å². The lowest BCUT2D eigenvalue weighted by atomic mass is 9.85. The van der Waals surface area contributed by atoms with Crippen molar-refractivity contribution in [2.24, 2.45) is 0 Å². The van der Waals surface area contributed by atoms with Gasteiger partial charge in [-0.3, -0.25) is 0 Å². The van der Waals surface area contributed by atoms with E-state index in [1.54, 1.807) is 0 Å². The Balaban J connectivity index is 1.95. The SMILES string of the molecule is CCCOC(=O)c1ccc2c(c1)CCc1cc(Br)ccc1-2. The second-order valence-corrected chi connectivity index (χ2v) is 6.22. The van der Waals surface area contributed by atoms with Gasteiger partial charge in [0.25, 0.3) is 0 Å². The first-order valence-corrected chi connectivity index (χ1v) is 8.07. The second kappa shape index (κ2) is 6.02. The first-order valence-electron chi connectivity index (χ1n) is 7.28. The number of aryl methyl sites for hydroxylation is 2. The maximum absolute atomic E-state index is 12.0. The molecule has 0 aromatic heterocycles. The van der Waals surface area contributed by atoms with E-state index in [9.17, 15) is 4.79 Å². The standard InChI is InChI=1S/C18H17BrO2/c1-2-9-21-18(20)14-5-7-16-12(10-14)3-4-13-11-15(19)6-8-17(13)16/h5-8,10-11H,2-4,9H2,1H3. The van der Waals surface area contributed by atoms with Crippen LogP contribution >= 0.6 is 15.9 Å². The van der Waals surface area contributed by atoms with Gasteiger partial charge >= 0.3 is 5.97 Å². The summed E-state index contributed by atoms with van der Waals surface area (Å²) in [7, 11) is 0. The number of ether oxygens (including phenoxy) is 1. The Morgan fingerprint density at radius 1 is 1.10 bits per heavy atom. The average Bonchev–Trinajstić information content (AvgIpc) is 2.51. The molecule has 2 aromatic carbocycles. The number of rotatable bonds is 3. The Morgan fingerprint density at radius 2 is 1.76 bits per heavy atom. The minimum atomic E-state index is -0.221. The first-order chi connectivity index (χ1) is 10.2. The summed E-state index contributed by atoms with van der Waals surface area (Å²) in [5.74, 6) is -0.221. The number of hydrogen-bond donors (Lipinski definition) is 0. The van der Waals surface area contributed by atoms with Gasteiger partial charge in [-0.1, -0.05) is 35.0 Å². The number of fused-ring (bicyclic) bond motifs is 3. The molecule has 0 N–H and O–H groups in total. The molecular weight excluding hydrogens is 328 g/mol. The van der Waals surface area contributed by atoms with Gasteiger partial charge in [-0.2, -0.15) is 0 Å². The third-order valence-corrected chi connectivity index (χ3v) is 4.29. The number of esters is 1. The molecule has 0 bridgehead atoms. The summed E-state index contributed by atoms with van der Waals surface area (Å²) in [5.41, 5.74) is 5.75. The van der Waals surface area contributed by atoms with Gasteiger partial charge in [0, 0.05) is 4.47 Å². The zero-order valence-electron chi connectivity index (χ0n) is 12.0. The molecule has 0 radical (unpaired) electrons. The van der Waals surface area contributed by atoms with Gasteiger partial charge in [-0.15, -0.1) is 0 Å². The minimum Gasteiger partial charge on any atom is -0.462 e. The lowest BCUT2D eigenvalue weighted by Crippen LogP contribution is -2.09. The van der Waals surface area contributed by atoms with Crippen LogP contribution in [0.2, 0.25) is 0 Å². The van der Waals surface area contributed by atoms with E-state index in [1.807, 2.05) is 25.1 Å². The molecule has 0 atom stereocenters. The van der Waals surface area contributed by atoms with E-state index in [0.29, 0.717) is 12.2 Å². The Morgan fingerprint density at radius 3 is 2.48 bits per heavy atom. The maximum Gasteiger partial charge on any atom is 0.338 e. The highest BCUT2D eigenvalue weighted by Gasteiger charge is 2.18. The molecule has 3 rings (SSSR count). The Bertz CT molecular complexity index is 692. The maximum atomic E-state index is 12.0. The van der Waals surface area contributed by atoms with Crippen molar-refractivity contribution >= 4 is 21.9 Å². The average molecular weight is 345 g/mol. The Labute approximate surface area is 133 Å². The van der Waals surface area contributed by atoms with Crippen LogP contribution < -0.4 is 0 Å². The van der Waals surface area contributed by atoms with E-state index < -0.39 is 0 Å². The smallest absolute Gasteiger partial charge is 0.338 e. The topological polar surface area (TPSA) is 26.3 Å². The second-order valence-electron chi connectivity index (χ2n) is 5.31. The lowest BCUT2D eigenvalue weighted by molar-refractivity contribution is 0.0505. The lowest BCUT2D eigenvalue weighted by Gasteiger charge is -2.20. The molecule has 0 heterocycles. The molecule has 0 amide bonds. The highest BCUT2D eigenvalue weighted by atomic mass is 79.9. The van der Waals surface area contributed by atoms with E-state index in [2.05, 4.69) is 34.1 Å². The summed E-state index contributed by atoms with van der Waals surface area (Å²) >= 11 is 3.52. The Hall–Kier alpha value is -1.61. The van der Waals surface area contributed by atoms with Crippen molar-refractivity contribution in [1.82, 2.24) is 0 Å². The predicted molar refractivity (Wildman–Crippen MR) is 87.6 cm³/mol. The predicted octanol–water partition coefficient (Wildman–Crippen LogP) is 4.78. The van der Waals surface area contributed by atoms with Crippen molar-refractivity contribution in [2.75, 3.05) is 6.61 Å². The summed E-state index contributed by atoms with van der Waals surface area (Å²) in [5, 5.41) is 0. The van der Waals surface area contributed by atoms with Gasteiger partial charge < -0.3 is 4.74 Å². The minimum absolute atomic E-state index is 0.221. The third kappa shape index (κ3) is 2.88. The first kappa shape index (κ1) is 14.3. The molecule has 0 spiro atoms. The normalized spacial score (nSPS) is 12.5. The Kier molecular flexibility index (Phi) is 4.11. The van der Waals surface area contributed by atoms with Gasteiger partial charge in [0.1, 0.15) is 0 Å².